The first-order valence-corrected chi connectivity index (χ1v) is 9.54. The molecule has 0 aromatic heterocycles. The topological polar surface area (TPSA) is 70.0 Å². The van der Waals surface area contributed by atoms with Gasteiger partial charge in [0.05, 0.1) is 7.11 Å². The van der Waals surface area contributed by atoms with Crippen molar-refractivity contribution in [3.8, 4) is 0 Å². The Morgan fingerprint density at radius 2 is 1.18 bits per heavy atom. The average molecular weight is 381 g/mol. The summed E-state index contributed by atoms with van der Waals surface area (Å²) >= 11 is 0. The van der Waals surface area contributed by atoms with Gasteiger partial charge in [-0.05, 0) is 11.1 Å². The zero-order chi connectivity index (χ0) is 20.5. The number of rotatable bonds is 2. The third-order valence-electron chi connectivity index (χ3n) is 6.99. The van der Waals surface area contributed by atoms with Crippen LogP contribution in [0.25, 0.3) is 0 Å². The van der Waals surface area contributed by atoms with E-state index in [4.69, 9.17) is 4.74 Å². The molecule has 2 N–H and O–H groups in total. The van der Waals surface area contributed by atoms with E-state index in [1.807, 2.05) is 76.2 Å². The van der Waals surface area contributed by atoms with Crippen molar-refractivity contribution in [1.29, 1.82) is 0 Å². The number of aliphatic hydroxyl groups is 2. The molecular formula is C23H27NO4. The van der Waals surface area contributed by atoms with Crippen molar-refractivity contribution >= 4 is 5.97 Å². The molecule has 2 aromatic carbocycles. The van der Waals surface area contributed by atoms with E-state index >= 15 is 0 Å². The molecule has 2 unspecified atom stereocenters. The first-order valence-electron chi connectivity index (χ1n) is 9.54. The molecule has 2 heterocycles. The molecule has 2 bridgehead atoms. The first-order chi connectivity index (χ1) is 13.0. The highest BCUT2D eigenvalue weighted by Gasteiger charge is 2.70. The smallest absolute Gasteiger partial charge is 0.320 e. The number of hydrogen-bond donors (Lipinski definition) is 2. The monoisotopic (exact) mass is 381 g/mol. The van der Waals surface area contributed by atoms with Gasteiger partial charge >= 0.3 is 5.97 Å². The third-order valence-corrected chi connectivity index (χ3v) is 6.99. The van der Waals surface area contributed by atoms with Crippen LogP contribution in [0.1, 0.15) is 49.9 Å². The highest BCUT2D eigenvalue weighted by Crippen LogP contribution is 2.64. The maximum Gasteiger partial charge on any atom is 0.320 e. The molecule has 5 heteroatoms. The fourth-order valence-electron chi connectivity index (χ4n) is 5.34. The van der Waals surface area contributed by atoms with Crippen molar-refractivity contribution in [1.82, 2.24) is 4.90 Å². The van der Waals surface area contributed by atoms with Gasteiger partial charge in [-0.25, -0.2) is 4.90 Å². The van der Waals surface area contributed by atoms with Crippen molar-refractivity contribution in [3.63, 3.8) is 0 Å². The minimum absolute atomic E-state index is 0.237. The van der Waals surface area contributed by atoms with Crippen LogP contribution in [0, 0.1) is 0 Å². The molecule has 148 valence electrons. The summed E-state index contributed by atoms with van der Waals surface area (Å²) in [6.07, 6.45) is 0. The molecule has 0 saturated heterocycles. The highest BCUT2D eigenvalue weighted by atomic mass is 16.5. The van der Waals surface area contributed by atoms with Gasteiger partial charge in [0.1, 0.15) is 6.54 Å². The second-order valence-corrected chi connectivity index (χ2v) is 8.85. The summed E-state index contributed by atoms with van der Waals surface area (Å²) in [5.41, 5.74) is -1.66. The predicted molar refractivity (Wildman–Crippen MR) is 105 cm³/mol. The van der Waals surface area contributed by atoms with Gasteiger partial charge in [0.2, 0.25) is 0 Å². The van der Waals surface area contributed by atoms with Crippen LogP contribution >= 0.6 is 0 Å². The summed E-state index contributed by atoms with van der Waals surface area (Å²) in [5, 5.41) is 24.6. The van der Waals surface area contributed by atoms with Gasteiger partial charge in [-0.15, -0.1) is 0 Å². The summed E-state index contributed by atoms with van der Waals surface area (Å²) in [7, 11) is 1.31. The Labute approximate surface area is 165 Å². The van der Waals surface area contributed by atoms with E-state index in [0.29, 0.717) is 11.1 Å². The number of fused-ring (bicyclic) bond motifs is 6. The quantitative estimate of drug-likeness (QED) is 0.783. The predicted octanol–water partition coefficient (Wildman–Crippen LogP) is 2.73. The van der Waals surface area contributed by atoms with Crippen LogP contribution in [0.5, 0.6) is 0 Å². The van der Waals surface area contributed by atoms with Gasteiger partial charge in [0.15, 0.2) is 11.4 Å². The van der Waals surface area contributed by atoms with Crippen molar-refractivity contribution in [2.24, 2.45) is 0 Å². The molecule has 2 aliphatic heterocycles. The van der Waals surface area contributed by atoms with Crippen molar-refractivity contribution in [3.05, 3.63) is 70.8 Å². The standard InChI is InChI=1S/C23H27NO4/c1-20(2)15-10-6-8-12-17(15)23(27)21(3,4)16-11-7-9-13-18(16)22(20,26)24(23)14-19(25)28-5/h6-13,26-27H,14H2,1-5H3. The minimum Gasteiger partial charge on any atom is -0.468 e. The number of carbonyl (C=O) groups is 1. The Bertz CT molecular complexity index is 897. The maximum absolute atomic E-state index is 12.4. The lowest BCUT2D eigenvalue weighted by molar-refractivity contribution is -0.313. The van der Waals surface area contributed by atoms with Gasteiger partial charge in [0, 0.05) is 22.0 Å². The molecule has 5 nitrogen and oxygen atoms in total. The molecular weight excluding hydrogens is 354 g/mol. The number of ether oxygens (including phenoxy) is 1. The number of carbonyl (C=O) groups excluding carboxylic acids is 1. The van der Waals surface area contributed by atoms with E-state index in [1.165, 1.54) is 12.0 Å². The molecule has 0 aliphatic carbocycles. The van der Waals surface area contributed by atoms with Crippen LogP contribution in [-0.2, 0) is 31.8 Å². The Balaban J connectivity index is 2.17. The second-order valence-electron chi connectivity index (χ2n) is 8.85. The molecule has 0 radical (unpaired) electrons. The summed E-state index contributed by atoms with van der Waals surface area (Å²) in [6.45, 7) is 7.56. The third kappa shape index (κ3) is 1.94. The number of esters is 1. The molecule has 0 fully saturated rings. The van der Waals surface area contributed by atoms with Crippen LogP contribution in [0.2, 0.25) is 0 Å². The molecule has 4 rings (SSSR count). The van der Waals surface area contributed by atoms with E-state index in [0.717, 1.165) is 11.1 Å². The van der Waals surface area contributed by atoms with Gasteiger partial charge < -0.3 is 14.9 Å². The van der Waals surface area contributed by atoms with Gasteiger partial charge in [-0.2, -0.15) is 0 Å². The summed E-state index contributed by atoms with van der Waals surface area (Å²) in [5.74, 6) is -0.512. The minimum atomic E-state index is -1.60. The molecule has 0 amide bonds. The highest BCUT2D eigenvalue weighted by molar-refractivity contribution is 5.72. The van der Waals surface area contributed by atoms with Gasteiger partial charge in [0.25, 0.3) is 0 Å². The fourth-order valence-corrected chi connectivity index (χ4v) is 5.34. The first kappa shape index (κ1) is 19.1. The van der Waals surface area contributed by atoms with Crippen LogP contribution in [0.4, 0.5) is 0 Å². The SMILES string of the molecule is COC(=O)CN1C2(O)c3ccccc3C(C)(C)C1(O)c1ccccc1C2(C)C. The summed E-state index contributed by atoms with van der Waals surface area (Å²) in [6, 6.07) is 15.3. The van der Waals surface area contributed by atoms with Crippen molar-refractivity contribution < 1.29 is 19.7 Å². The zero-order valence-corrected chi connectivity index (χ0v) is 17.0. The zero-order valence-electron chi connectivity index (χ0n) is 17.0. The van der Waals surface area contributed by atoms with E-state index in [1.54, 1.807) is 0 Å². The normalized spacial score (nSPS) is 29.5. The van der Waals surface area contributed by atoms with Crippen molar-refractivity contribution in [2.45, 2.75) is 50.0 Å². The number of methoxy groups -OCH3 is 1. The van der Waals surface area contributed by atoms with Gasteiger partial charge in [-0.1, -0.05) is 76.2 Å². The lowest BCUT2D eigenvalue weighted by atomic mass is 9.53. The van der Waals surface area contributed by atoms with Crippen molar-refractivity contribution in [2.75, 3.05) is 13.7 Å². The summed E-state index contributed by atoms with van der Waals surface area (Å²) in [4.78, 5) is 13.9. The molecule has 2 atom stereocenters. The maximum atomic E-state index is 12.4. The van der Waals surface area contributed by atoms with E-state index in [2.05, 4.69) is 0 Å². The number of hydrogen-bond acceptors (Lipinski definition) is 5. The average Bonchev–Trinajstić information content (AvgIpc) is 2.68. The van der Waals surface area contributed by atoms with Crippen LogP contribution in [0.15, 0.2) is 48.5 Å². The molecule has 0 saturated carbocycles. The van der Waals surface area contributed by atoms with Crippen LogP contribution < -0.4 is 0 Å². The molecule has 2 aliphatic rings. The van der Waals surface area contributed by atoms with Gasteiger partial charge in [-0.3, -0.25) is 4.79 Å². The Kier molecular flexibility index (Phi) is 3.86. The van der Waals surface area contributed by atoms with Crippen LogP contribution in [0.3, 0.4) is 0 Å². The summed E-state index contributed by atoms with van der Waals surface area (Å²) < 4.78 is 4.92. The Hall–Kier alpha value is -2.21. The molecule has 28 heavy (non-hydrogen) atoms. The number of benzene rings is 2. The molecule has 2 aromatic rings. The van der Waals surface area contributed by atoms with Crippen LogP contribution in [-0.4, -0.2) is 34.7 Å². The molecule has 0 spiro atoms. The van der Waals surface area contributed by atoms with E-state index < -0.39 is 28.2 Å². The lowest BCUT2D eigenvalue weighted by Gasteiger charge is -2.67. The Morgan fingerprint density at radius 1 is 0.821 bits per heavy atom. The largest absolute Gasteiger partial charge is 0.468 e. The van der Waals surface area contributed by atoms with E-state index in [-0.39, 0.29) is 6.54 Å². The second kappa shape index (κ2) is 5.66. The Morgan fingerprint density at radius 3 is 1.54 bits per heavy atom. The van der Waals surface area contributed by atoms with E-state index in [9.17, 15) is 15.0 Å². The lowest BCUT2D eigenvalue weighted by Crippen LogP contribution is -2.76. The fraction of sp³-hybridized carbons (Fsp3) is 0.435. The number of nitrogens with zero attached hydrogens (tertiary/aromatic N) is 1.